The van der Waals surface area contributed by atoms with Gasteiger partial charge in [-0.25, -0.2) is 15.0 Å². The van der Waals surface area contributed by atoms with Crippen molar-refractivity contribution in [3.63, 3.8) is 0 Å². The van der Waals surface area contributed by atoms with Crippen molar-refractivity contribution in [3.05, 3.63) is 182 Å². The molecule has 4 nitrogen and oxygen atoms in total. The number of hydrogen-bond donors (Lipinski definition) is 0. The Kier molecular flexibility index (Phi) is 8.11. The minimum absolute atomic E-state index is 0.610. The van der Waals surface area contributed by atoms with Crippen molar-refractivity contribution in [1.82, 2.24) is 19.9 Å². The van der Waals surface area contributed by atoms with E-state index in [1.165, 1.54) is 16.7 Å². The van der Waals surface area contributed by atoms with Crippen LogP contribution in [0.3, 0.4) is 0 Å². The van der Waals surface area contributed by atoms with Crippen molar-refractivity contribution in [2.24, 2.45) is 0 Å². The molecule has 8 rings (SSSR count). The molecule has 8 aromatic rings. The standard InChI is InChI=1S/C45H32N4/c1-31-14-16-36(17-15-31)40-27-41(39-13-8-26-46-30-39)29-42(28-40)45-48-43(37-22-18-34(19-23-37)32-9-4-2-5-10-32)47-44(49-45)38-24-20-35(21-25-38)33-11-6-3-7-12-33/h2-30H,1H3. The Hall–Kier alpha value is -6.52. The first-order valence-electron chi connectivity index (χ1n) is 16.4. The van der Waals surface area contributed by atoms with Gasteiger partial charge in [-0.3, -0.25) is 4.98 Å². The van der Waals surface area contributed by atoms with E-state index in [2.05, 4.69) is 158 Å². The van der Waals surface area contributed by atoms with Crippen LogP contribution in [-0.4, -0.2) is 19.9 Å². The lowest BCUT2D eigenvalue weighted by Crippen LogP contribution is -2.01. The molecule has 0 atom stereocenters. The molecule has 0 saturated heterocycles. The maximum absolute atomic E-state index is 5.11. The SMILES string of the molecule is Cc1ccc(-c2cc(-c3cccnc3)cc(-c3nc(-c4ccc(-c5ccccc5)cc4)nc(-c4ccc(-c5ccccc5)cc4)n3)c2)cc1. The van der Waals surface area contributed by atoms with Gasteiger partial charge in [-0.1, -0.05) is 145 Å². The van der Waals surface area contributed by atoms with Crippen LogP contribution in [0, 0.1) is 6.92 Å². The third-order valence-electron chi connectivity index (χ3n) is 8.71. The fourth-order valence-electron chi connectivity index (χ4n) is 6.02. The molecule has 0 bridgehead atoms. The quantitative estimate of drug-likeness (QED) is 0.176. The summed E-state index contributed by atoms with van der Waals surface area (Å²) < 4.78 is 0. The van der Waals surface area contributed by atoms with E-state index in [0.29, 0.717) is 17.5 Å². The molecule has 0 aliphatic carbocycles. The highest BCUT2D eigenvalue weighted by Gasteiger charge is 2.15. The lowest BCUT2D eigenvalue weighted by molar-refractivity contribution is 1.07. The lowest BCUT2D eigenvalue weighted by atomic mass is 9.96. The average molecular weight is 629 g/mol. The number of rotatable bonds is 7. The van der Waals surface area contributed by atoms with Crippen molar-refractivity contribution in [2.45, 2.75) is 6.92 Å². The van der Waals surface area contributed by atoms with Gasteiger partial charge >= 0.3 is 0 Å². The van der Waals surface area contributed by atoms with E-state index in [1.807, 2.05) is 24.4 Å². The fraction of sp³-hybridized carbons (Fsp3) is 0.0222. The number of hydrogen-bond acceptors (Lipinski definition) is 4. The molecule has 0 unspecified atom stereocenters. The molecular formula is C45H32N4. The van der Waals surface area contributed by atoms with E-state index < -0.39 is 0 Å². The van der Waals surface area contributed by atoms with Crippen molar-refractivity contribution in [1.29, 1.82) is 0 Å². The van der Waals surface area contributed by atoms with Crippen LogP contribution < -0.4 is 0 Å². The summed E-state index contributed by atoms with van der Waals surface area (Å²) >= 11 is 0. The first kappa shape index (κ1) is 29.9. The van der Waals surface area contributed by atoms with Gasteiger partial charge < -0.3 is 0 Å². The predicted octanol–water partition coefficient (Wildman–Crippen LogP) is 11.2. The molecule has 0 amide bonds. The van der Waals surface area contributed by atoms with Gasteiger partial charge in [0.25, 0.3) is 0 Å². The molecule has 4 heteroatoms. The first-order chi connectivity index (χ1) is 24.2. The molecule has 2 aromatic heterocycles. The van der Waals surface area contributed by atoms with Gasteiger partial charge in [0.15, 0.2) is 17.5 Å². The Morgan fingerprint density at radius 2 is 0.673 bits per heavy atom. The summed E-state index contributed by atoms with van der Waals surface area (Å²) in [6, 6.07) is 56.8. The largest absolute Gasteiger partial charge is 0.264 e. The van der Waals surface area contributed by atoms with E-state index in [9.17, 15) is 0 Å². The Labute approximate surface area is 286 Å². The Balaban J connectivity index is 1.28. The van der Waals surface area contributed by atoms with Crippen molar-refractivity contribution in [2.75, 3.05) is 0 Å². The first-order valence-corrected chi connectivity index (χ1v) is 16.4. The third-order valence-corrected chi connectivity index (χ3v) is 8.71. The summed E-state index contributed by atoms with van der Waals surface area (Å²) in [4.78, 5) is 19.7. The molecule has 0 radical (unpaired) electrons. The highest BCUT2D eigenvalue weighted by molar-refractivity contribution is 5.80. The van der Waals surface area contributed by atoms with Crippen LogP contribution in [0.4, 0.5) is 0 Å². The third kappa shape index (κ3) is 6.53. The highest BCUT2D eigenvalue weighted by atomic mass is 15.0. The van der Waals surface area contributed by atoms with Crippen LogP contribution in [0.5, 0.6) is 0 Å². The van der Waals surface area contributed by atoms with Crippen LogP contribution in [0.15, 0.2) is 176 Å². The maximum Gasteiger partial charge on any atom is 0.164 e. The van der Waals surface area contributed by atoms with Crippen LogP contribution >= 0.6 is 0 Å². The lowest BCUT2D eigenvalue weighted by Gasteiger charge is -2.13. The molecule has 0 fully saturated rings. The monoisotopic (exact) mass is 628 g/mol. The summed E-state index contributed by atoms with van der Waals surface area (Å²) in [6.07, 6.45) is 3.69. The summed E-state index contributed by atoms with van der Waals surface area (Å²) in [5.74, 6) is 1.85. The van der Waals surface area contributed by atoms with Crippen LogP contribution in [0.2, 0.25) is 0 Å². The number of nitrogens with zero attached hydrogens (tertiary/aromatic N) is 4. The normalized spacial score (nSPS) is 11.0. The number of benzene rings is 6. The Morgan fingerprint density at radius 1 is 0.306 bits per heavy atom. The summed E-state index contributed by atoms with van der Waals surface area (Å²) in [5, 5.41) is 0. The van der Waals surface area contributed by atoms with E-state index in [-0.39, 0.29) is 0 Å². The maximum atomic E-state index is 5.11. The van der Waals surface area contributed by atoms with Crippen LogP contribution in [-0.2, 0) is 0 Å². The van der Waals surface area contributed by atoms with E-state index in [0.717, 1.165) is 50.1 Å². The van der Waals surface area contributed by atoms with Crippen molar-refractivity contribution < 1.29 is 0 Å². The molecule has 49 heavy (non-hydrogen) atoms. The van der Waals surface area contributed by atoms with Gasteiger partial charge in [0.2, 0.25) is 0 Å². The molecular weight excluding hydrogens is 597 g/mol. The molecule has 2 heterocycles. The molecule has 6 aromatic carbocycles. The van der Waals surface area contributed by atoms with Gasteiger partial charge in [-0.15, -0.1) is 0 Å². The zero-order valence-corrected chi connectivity index (χ0v) is 27.0. The smallest absolute Gasteiger partial charge is 0.164 e. The zero-order valence-electron chi connectivity index (χ0n) is 27.0. The van der Waals surface area contributed by atoms with Crippen LogP contribution in [0.1, 0.15) is 5.56 Å². The zero-order chi connectivity index (χ0) is 33.0. The molecule has 0 saturated carbocycles. The average Bonchev–Trinajstić information content (AvgIpc) is 3.19. The molecule has 0 N–H and O–H groups in total. The second kappa shape index (κ2) is 13.3. The predicted molar refractivity (Wildman–Crippen MR) is 200 cm³/mol. The summed E-state index contributed by atoms with van der Waals surface area (Å²) in [6.45, 7) is 2.11. The second-order valence-corrected chi connectivity index (χ2v) is 12.1. The van der Waals surface area contributed by atoms with E-state index >= 15 is 0 Å². The minimum Gasteiger partial charge on any atom is -0.264 e. The number of aryl methyl sites for hydroxylation is 1. The molecule has 0 aliphatic rings. The number of pyridine rings is 1. The van der Waals surface area contributed by atoms with Crippen LogP contribution in [0.25, 0.3) is 78.7 Å². The topological polar surface area (TPSA) is 51.6 Å². The van der Waals surface area contributed by atoms with Gasteiger partial charge in [0, 0.05) is 34.6 Å². The van der Waals surface area contributed by atoms with Gasteiger partial charge in [0.05, 0.1) is 0 Å². The fourth-order valence-corrected chi connectivity index (χ4v) is 6.02. The van der Waals surface area contributed by atoms with Gasteiger partial charge in [0.1, 0.15) is 0 Å². The van der Waals surface area contributed by atoms with Gasteiger partial charge in [-0.2, -0.15) is 0 Å². The van der Waals surface area contributed by atoms with Crippen molar-refractivity contribution in [3.8, 4) is 78.7 Å². The molecule has 0 spiro atoms. The van der Waals surface area contributed by atoms with Gasteiger partial charge in [-0.05, 0) is 70.1 Å². The Morgan fingerprint density at radius 3 is 1.16 bits per heavy atom. The number of aromatic nitrogens is 4. The minimum atomic E-state index is 0.610. The molecule has 0 aliphatic heterocycles. The highest BCUT2D eigenvalue weighted by Crippen LogP contribution is 2.34. The van der Waals surface area contributed by atoms with Crippen molar-refractivity contribution >= 4 is 0 Å². The van der Waals surface area contributed by atoms with E-state index in [1.54, 1.807) is 6.20 Å². The Bertz CT molecular complexity index is 2230. The molecule has 232 valence electrons. The van der Waals surface area contributed by atoms with E-state index in [4.69, 9.17) is 15.0 Å². The summed E-state index contributed by atoms with van der Waals surface area (Å²) in [7, 11) is 0. The second-order valence-electron chi connectivity index (χ2n) is 12.1. The summed E-state index contributed by atoms with van der Waals surface area (Å²) in [5.41, 5.74) is 12.9.